The van der Waals surface area contributed by atoms with E-state index in [1.165, 1.54) is 22.9 Å². The van der Waals surface area contributed by atoms with Crippen molar-refractivity contribution in [1.29, 1.82) is 0 Å². The maximum absolute atomic E-state index is 13.0. The van der Waals surface area contributed by atoms with Crippen molar-refractivity contribution in [3.8, 4) is 17.3 Å². The van der Waals surface area contributed by atoms with Crippen molar-refractivity contribution < 1.29 is 9.21 Å². The summed E-state index contributed by atoms with van der Waals surface area (Å²) >= 11 is 1.41. The first kappa shape index (κ1) is 22.4. The zero-order valence-corrected chi connectivity index (χ0v) is 19.9. The topological polar surface area (TPSA) is 67.4 Å². The molecule has 174 valence electrons. The van der Waals surface area contributed by atoms with E-state index < -0.39 is 0 Å². The van der Waals surface area contributed by atoms with Gasteiger partial charge in [-0.2, -0.15) is 0 Å². The summed E-state index contributed by atoms with van der Waals surface area (Å²) < 4.78 is 7.50. The van der Waals surface area contributed by atoms with Gasteiger partial charge in [0.25, 0.3) is 0 Å². The number of carbonyl (C=O) groups is 1. The van der Waals surface area contributed by atoms with Gasteiger partial charge in [0.1, 0.15) is 0 Å². The molecule has 5 rings (SSSR count). The number of aromatic nitrogens is 3. The Morgan fingerprint density at radius 2 is 1.71 bits per heavy atom. The minimum absolute atomic E-state index is 0.128. The first-order chi connectivity index (χ1) is 16.7. The Balaban J connectivity index is 1.22. The molecule has 0 aliphatic carbocycles. The molecule has 1 fully saturated rings. The largest absolute Gasteiger partial charge is 0.461 e. The highest BCUT2D eigenvalue weighted by Gasteiger charge is 2.23. The second kappa shape index (κ2) is 10.3. The summed E-state index contributed by atoms with van der Waals surface area (Å²) in [5.74, 6) is 1.71. The lowest BCUT2D eigenvalue weighted by atomic mass is 10.1. The van der Waals surface area contributed by atoms with Crippen molar-refractivity contribution >= 4 is 17.7 Å². The predicted molar refractivity (Wildman–Crippen MR) is 133 cm³/mol. The van der Waals surface area contributed by atoms with Gasteiger partial charge in [0, 0.05) is 38.4 Å². The number of rotatable bonds is 7. The third kappa shape index (κ3) is 4.93. The number of aryl methyl sites for hydroxylation is 1. The van der Waals surface area contributed by atoms with Gasteiger partial charge in [-0.25, -0.2) is 0 Å². The maximum atomic E-state index is 13.0. The van der Waals surface area contributed by atoms with Gasteiger partial charge in [-0.15, -0.1) is 10.2 Å². The molecule has 1 aliphatic heterocycles. The van der Waals surface area contributed by atoms with Crippen LogP contribution in [0.3, 0.4) is 0 Å². The van der Waals surface area contributed by atoms with E-state index >= 15 is 0 Å². The number of thioether (sulfide) groups is 1. The summed E-state index contributed by atoms with van der Waals surface area (Å²) in [6.45, 7) is 6.33. The van der Waals surface area contributed by atoms with E-state index in [1.807, 2.05) is 51.9 Å². The van der Waals surface area contributed by atoms with Crippen LogP contribution in [0.15, 0.2) is 82.6 Å². The van der Waals surface area contributed by atoms with Gasteiger partial charge in [0.2, 0.25) is 11.7 Å². The highest BCUT2D eigenvalue weighted by molar-refractivity contribution is 7.99. The smallest absolute Gasteiger partial charge is 0.233 e. The molecule has 0 bridgehead atoms. The van der Waals surface area contributed by atoms with Crippen molar-refractivity contribution in [2.75, 3.05) is 31.9 Å². The van der Waals surface area contributed by atoms with Gasteiger partial charge in [0.05, 0.1) is 12.0 Å². The van der Waals surface area contributed by atoms with Crippen LogP contribution in [0.2, 0.25) is 0 Å². The van der Waals surface area contributed by atoms with Gasteiger partial charge in [-0.1, -0.05) is 54.2 Å². The number of furan rings is 1. The van der Waals surface area contributed by atoms with Crippen LogP contribution in [-0.4, -0.2) is 62.4 Å². The quantitative estimate of drug-likeness (QED) is 0.374. The van der Waals surface area contributed by atoms with E-state index in [1.54, 1.807) is 6.26 Å². The van der Waals surface area contributed by atoms with Crippen LogP contribution in [0.25, 0.3) is 17.3 Å². The Morgan fingerprint density at radius 1 is 0.941 bits per heavy atom. The maximum Gasteiger partial charge on any atom is 0.233 e. The van der Waals surface area contributed by atoms with Crippen LogP contribution in [0, 0.1) is 6.92 Å². The number of para-hydroxylation sites is 1. The van der Waals surface area contributed by atoms with Crippen LogP contribution in [-0.2, 0) is 11.3 Å². The standard InChI is InChI=1S/C26H27N5O2S/c1-20-8-5-6-9-21(20)18-29-13-15-30(16-14-29)24(32)19-34-26-28-27-25(23-12-7-17-33-23)31(26)22-10-3-2-4-11-22/h2-12,17H,13-16,18-19H2,1H3. The molecule has 7 nitrogen and oxygen atoms in total. The lowest BCUT2D eigenvalue weighted by molar-refractivity contribution is -0.130. The predicted octanol–water partition coefficient (Wildman–Crippen LogP) is 4.27. The van der Waals surface area contributed by atoms with Gasteiger partial charge < -0.3 is 9.32 Å². The molecule has 0 N–H and O–H groups in total. The molecule has 8 heteroatoms. The van der Waals surface area contributed by atoms with Crippen molar-refractivity contribution in [3.63, 3.8) is 0 Å². The Morgan fingerprint density at radius 3 is 2.44 bits per heavy atom. The molecule has 0 unspecified atom stereocenters. The van der Waals surface area contributed by atoms with Crippen molar-refractivity contribution in [2.24, 2.45) is 0 Å². The summed E-state index contributed by atoms with van der Waals surface area (Å²) in [6.07, 6.45) is 1.62. The Hall–Kier alpha value is -3.36. The normalized spacial score (nSPS) is 14.4. The van der Waals surface area contributed by atoms with Gasteiger partial charge in [-0.3, -0.25) is 14.3 Å². The number of amides is 1. The molecule has 34 heavy (non-hydrogen) atoms. The van der Waals surface area contributed by atoms with E-state index in [0.717, 1.165) is 38.4 Å². The summed E-state index contributed by atoms with van der Waals surface area (Å²) in [6, 6.07) is 22.1. The van der Waals surface area contributed by atoms with E-state index in [4.69, 9.17) is 4.42 Å². The molecule has 0 saturated carbocycles. The van der Waals surface area contributed by atoms with E-state index in [2.05, 4.69) is 46.3 Å². The highest BCUT2D eigenvalue weighted by Crippen LogP contribution is 2.28. The molecule has 4 aromatic rings. The minimum Gasteiger partial charge on any atom is -0.461 e. The second-order valence-corrected chi connectivity index (χ2v) is 9.27. The molecule has 1 aliphatic rings. The number of nitrogens with zero attached hydrogens (tertiary/aromatic N) is 5. The molecule has 0 radical (unpaired) electrons. The Bertz CT molecular complexity index is 1230. The van der Waals surface area contributed by atoms with Crippen molar-refractivity contribution in [2.45, 2.75) is 18.6 Å². The fourth-order valence-electron chi connectivity index (χ4n) is 4.14. The fraction of sp³-hybridized carbons (Fsp3) is 0.269. The summed E-state index contributed by atoms with van der Waals surface area (Å²) in [7, 11) is 0. The SMILES string of the molecule is Cc1ccccc1CN1CCN(C(=O)CSc2nnc(-c3ccco3)n2-c2ccccc2)CC1. The van der Waals surface area contributed by atoms with E-state index in [9.17, 15) is 4.79 Å². The van der Waals surface area contributed by atoms with Crippen LogP contribution < -0.4 is 0 Å². The van der Waals surface area contributed by atoms with Crippen LogP contribution >= 0.6 is 11.8 Å². The monoisotopic (exact) mass is 473 g/mol. The molecule has 3 heterocycles. The molecule has 2 aromatic heterocycles. The van der Waals surface area contributed by atoms with E-state index in [0.29, 0.717) is 22.5 Å². The molecular weight excluding hydrogens is 446 g/mol. The average molecular weight is 474 g/mol. The number of piperazine rings is 1. The first-order valence-corrected chi connectivity index (χ1v) is 12.4. The van der Waals surface area contributed by atoms with Gasteiger partial charge >= 0.3 is 0 Å². The molecule has 0 atom stereocenters. The average Bonchev–Trinajstić information content (AvgIpc) is 3.55. The van der Waals surface area contributed by atoms with Crippen molar-refractivity contribution in [1.82, 2.24) is 24.6 Å². The number of hydrogen-bond acceptors (Lipinski definition) is 6. The third-order valence-corrected chi connectivity index (χ3v) is 7.01. The zero-order chi connectivity index (χ0) is 23.3. The molecular formula is C26H27N5O2S. The summed E-state index contributed by atoms with van der Waals surface area (Å²) in [5, 5.41) is 9.39. The molecule has 1 saturated heterocycles. The Labute approximate surface area is 203 Å². The zero-order valence-electron chi connectivity index (χ0n) is 19.1. The van der Waals surface area contributed by atoms with Gasteiger partial charge in [-0.05, 0) is 42.3 Å². The third-order valence-electron chi connectivity index (χ3n) is 6.09. The van der Waals surface area contributed by atoms with E-state index in [-0.39, 0.29) is 5.91 Å². The van der Waals surface area contributed by atoms with Gasteiger partial charge in [0.15, 0.2) is 10.9 Å². The Kier molecular flexibility index (Phi) is 6.78. The summed E-state index contributed by atoms with van der Waals surface area (Å²) in [5.41, 5.74) is 3.60. The first-order valence-electron chi connectivity index (χ1n) is 11.4. The van der Waals surface area contributed by atoms with Crippen LogP contribution in [0.5, 0.6) is 0 Å². The number of benzene rings is 2. The lowest BCUT2D eigenvalue weighted by Gasteiger charge is -2.35. The van der Waals surface area contributed by atoms with Crippen LogP contribution in [0.1, 0.15) is 11.1 Å². The minimum atomic E-state index is 0.128. The second-order valence-electron chi connectivity index (χ2n) is 8.33. The molecule has 0 spiro atoms. The molecule has 2 aromatic carbocycles. The highest BCUT2D eigenvalue weighted by atomic mass is 32.2. The number of carbonyl (C=O) groups excluding carboxylic acids is 1. The number of hydrogen-bond donors (Lipinski definition) is 0. The van der Waals surface area contributed by atoms with Crippen LogP contribution in [0.4, 0.5) is 0 Å². The summed E-state index contributed by atoms with van der Waals surface area (Å²) in [4.78, 5) is 17.4. The fourth-order valence-corrected chi connectivity index (χ4v) is 4.99. The lowest BCUT2D eigenvalue weighted by Crippen LogP contribution is -2.48. The molecule has 1 amide bonds. The van der Waals surface area contributed by atoms with Crippen molar-refractivity contribution in [3.05, 3.63) is 84.1 Å².